The van der Waals surface area contributed by atoms with Gasteiger partial charge in [0.05, 0.1) is 12.3 Å². The Morgan fingerprint density at radius 2 is 2.14 bits per heavy atom. The zero-order valence-electron chi connectivity index (χ0n) is 12.3. The van der Waals surface area contributed by atoms with Crippen LogP contribution < -0.4 is 4.90 Å². The van der Waals surface area contributed by atoms with Gasteiger partial charge in [-0.3, -0.25) is 4.98 Å². The Morgan fingerprint density at radius 3 is 2.86 bits per heavy atom. The van der Waals surface area contributed by atoms with E-state index in [2.05, 4.69) is 32.8 Å². The highest BCUT2D eigenvalue weighted by Crippen LogP contribution is 2.25. The Hall–Kier alpha value is -2.01. The van der Waals surface area contributed by atoms with E-state index in [0.717, 1.165) is 44.2 Å². The van der Waals surface area contributed by atoms with E-state index >= 15 is 0 Å². The van der Waals surface area contributed by atoms with Crippen LogP contribution in [0, 0.1) is 0 Å². The molecule has 0 radical (unpaired) electrons. The van der Waals surface area contributed by atoms with Crippen molar-refractivity contribution >= 4 is 5.82 Å². The maximum atomic E-state index is 5.45. The molecule has 0 saturated carbocycles. The fraction of sp³-hybridized carbons (Fsp3) is 0.438. The van der Waals surface area contributed by atoms with E-state index < -0.39 is 0 Å². The SMILES string of the molecule is CCN(Cc1ccncc1)c1cc([C@@H]2CCOC2)ncn1. The van der Waals surface area contributed by atoms with Crippen LogP contribution in [-0.4, -0.2) is 34.7 Å². The maximum Gasteiger partial charge on any atom is 0.132 e. The molecule has 3 rings (SSSR count). The average molecular weight is 284 g/mol. The van der Waals surface area contributed by atoms with Crippen molar-refractivity contribution in [2.45, 2.75) is 25.8 Å². The fourth-order valence-electron chi connectivity index (χ4n) is 2.59. The van der Waals surface area contributed by atoms with Crippen molar-refractivity contribution in [2.24, 2.45) is 0 Å². The van der Waals surface area contributed by atoms with Crippen LogP contribution in [0.5, 0.6) is 0 Å². The van der Waals surface area contributed by atoms with E-state index in [-0.39, 0.29) is 0 Å². The minimum absolute atomic E-state index is 0.409. The van der Waals surface area contributed by atoms with Crippen LogP contribution in [0.1, 0.15) is 30.5 Å². The van der Waals surface area contributed by atoms with Crippen molar-refractivity contribution in [3.05, 3.63) is 48.2 Å². The second-order valence-corrected chi connectivity index (χ2v) is 5.23. The highest BCUT2D eigenvalue weighted by atomic mass is 16.5. The lowest BCUT2D eigenvalue weighted by Gasteiger charge is -2.22. The van der Waals surface area contributed by atoms with Gasteiger partial charge in [0.1, 0.15) is 12.1 Å². The normalized spacial score (nSPS) is 17.9. The molecule has 1 fully saturated rings. The van der Waals surface area contributed by atoms with Gasteiger partial charge in [0.25, 0.3) is 0 Å². The molecule has 0 bridgehead atoms. The average Bonchev–Trinajstić information content (AvgIpc) is 3.08. The standard InChI is InChI=1S/C16H20N4O/c1-2-20(10-13-3-6-17-7-4-13)16-9-15(18-12-19-16)14-5-8-21-11-14/h3-4,6-7,9,12,14H,2,5,8,10-11H2,1H3/t14-/m1/s1. The number of rotatable bonds is 5. The van der Waals surface area contributed by atoms with Gasteiger partial charge < -0.3 is 9.64 Å². The summed E-state index contributed by atoms with van der Waals surface area (Å²) >= 11 is 0. The van der Waals surface area contributed by atoms with E-state index in [0.29, 0.717) is 5.92 Å². The van der Waals surface area contributed by atoms with E-state index in [1.54, 1.807) is 6.33 Å². The summed E-state index contributed by atoms with van der Waals surface area (Å²) in [4.78, 5) is 15.2. The molecule has 2 aromatic rings. The lowest BCUT2D eigenvalue weighted by atomic mass is 10.0. The van der Waals surface area contributed by atoms with Gasteiger partial charge >= 0.3 is 0 Å². The van der Waals surface area contributed by atoms with Gasteiger partial charge in [-0.05, 0) is 31.0 Å². The first-order valence-electron chi connectivity index (χ1n) is 7.40. The molecule has 5 heteroatoms. The van der Waals surface area contributed by atoms with Crippen molar-refractivity contribution in [2.75, 3.05) is 24.7 Å². The molecule has 1 atom stereocenters. The smallest absolute Gasteiger partial charge is 0.132 e. The molecule has 0 amide bonds. The molecule has 0 aliphatic carbocycles. The van der Waals surface area contributed by atoms with Gasteiger partial charge in [0, 0.05) is 44.1 Å². The third-order valence-corrected chi connectivity index (χ3v) is 3.85. The van der Waals surface area contributed by atoms with Crippen molar-refractivity contribution in [1.82, 2.24) is 15.0 Å². The van der Waals surface area contributed by atoms with Crippen LogP contribution in [-0.2, 0) is 11.3 Å². The summed E-state index contributed by atoms with van der Waals surface area (Å²) < 4.78 is 5.45. The van der Waals surface area contributed by atoms with Crippen LogP contribution in [0.2, 0.25) is 0 Å². The minimum Gasteiger partial charge on any atom is -0.381 e. The van der Waals surface area contributed by atoms with Gasteiger partial charge in [-0.1, -0.05) is 0 Å². The van der Waals surface area contributed by atoms with E-state index in [4.69, 9.17) is 4.74 Å². The molecule has 21 heavy (non-hydrogen) atoms. The number of nitrogens with zero attached hydrogens (tertiary/aromatic N) is 4. The van der Waals surface area contributed by atoms with Gasteiger partial charge in [0.15, 0.2) is 0 Å². The second-order valence-electron chi connectivity index (χ2n) is 5.23. The van der Waals surface area contributed by atoms with Crippen LogP contribution in [0.4, 0.5) is 5.82 Å². The molecule has 2 aromatic heterocycles. The summed E-state index contributed by atoms with van der Waals surface area (Å²) in [5, 5.41) is 0. The molecule has 5 nitrogen and oxygen atoms in total. The Bertz CT molecular complexity index is 569. The number of aromatic nitrogens is 3. The molecule has 1 aliphatic rings. The molecule has 3 heterocycles. The first-order chi connectivity index (χ1) is 10.4. The zero-order valence-corrected chi connectivity index (χ0v) is 12.3. The van der Waals surface area contributed by atoms with Crippen molar-refractivity contribution in [3.8, 4) is 0 Å². The highest BCUT2D eigenvalue weighted by Gasteiger charge is 2.20. The third-order valence-electron chi connectivity index (χ3n) is 3.85. The molecular weight excluding hydrogens is 264 g/mol. The molecule has 0 unspecified atom stereocenters. The fourth-order valence-corrected chi connectivity index (χ4v) is 2.59. The van der Waals surface area contributed by atoms with Crippen molar-refractivity contribution < 1.29 is 4.74 Å². The topological polar surface area (TPSA) is 51.1 Å². The van der Waals surface area contributed by atoms with Crippen LogP contribution >= 0.6 is 0 Å². The molecule has 0 N–H and O–H groups in total. The summed E-state index contributed by atoms with van der Waals surface area (Å²) in [6.07, 6.45) is 6.36. The lowest BCUT2D eigenvalue weighted by molar-refractivity contribution is 0.193. The highest BCUT2D eigenvalue weighted by molar-refractivity contribution is 5.40. The number of ether oxygens (including phenoxy) is 1. The first kappa shape index (κ1) is 13.9. The number of hydrogen-bond acceptors (Lipinski definition) is 5. The van der Waals surface area contributed by atoms with Crippen LogP contribution in [0.3, 0.4) is 0 Å². The Morgan fingerprint density at radius 1 is 1.29 bits per heavy atom. The number of anilines is 1. The Kier molecular flexibility index (Phi) is 4.40. The lowest BCUT2D eigenvalue weighted by Crippen LogP contribution is -2.23. The summed E-state index contributed by atoms with van der Waals surface area (Å²) in [5.41, 5.74) is 2.32. The van der Waals surface area contributed by atoms with Crippen molar-refractivity contribution in [1.29, 1.82) is 0 Å². The van der Waals surface area contributed by atoms with E-state index in [1.807, 2.05) is 24.5 Å². The number of pyridine rings is 1. The Labute approximate surface area is 125 Å². The minimum atomic E-state index is 0.409. The molecule has 110 valence electrons. The largest absolute Gasteiger partial charge is 0.381 e. The van der Waals surface area contributed by atoms with Gasteiger partial charge in [-0.25, -0.2) is 9.97 Å². The second kappa shape index (κ2) is 6.63. The monoisotopic (exact) mass is 284 g/mol. The molecule has 1 saturated heterocycles. The maximum absolute atomic E-state index is 5.45. The zero-order chi connectivity index (χ0) is 14.5. The van der Waals surface area contributed by atoms with Crippen LogP contribution in [0.25, 0.3) is 0 Å². The molecule has 1 aliphatic heterocycles. The Balaban J connectivity index is 1.78. The molecule has 0 spiro atoms. The predicted octanol–water partition coefficient (Wildman–Crippen LogP) is 2.40. The summed E-state index contributed by atoms with van der Waals surface area (Å²) in [7, 11) is 0. The van der Waals surface area contributed by atoms with E-state index in [9.17, 15) is 0 Å². The third kappa shape index (κ3) is 3.36. The summed E-state index contributed by atoms with van der Waals surface area (Å²) in [5.74, 6) is 1.39. The van der Waals surface area contributed by atoms with Gasteiger partial charge in [-0.2, -0.15) is 0 Å². The van der Waals surface area contributed by atoms with Crippen molar-refractivity contribution in [3.63, 3.8) is 0 Å². The first-order valence-corrected chi connectivity index (χ1v) is 7.40. The van der Waals surface area contributed by atoms with E-state index in [1.165, 1.54) is 5.56 Å². The number of hydrogen-bond donors (Lipinski definition) is 0. The summed E-state index contributed by atoms with van der Waals surface area (Å²) in [6.45, 7) is 5.48. The molecule has 0 aromatic carbocycles. The van der Waals surface area contributed by atoms with Gasteiger partial charge in [-0.15, -0.1) is 0 Å². The van der Waals surface area contributed by atoms with Gasteiger partial charge in [0.2, 0.25) is 0 Å². The quantitative estimate of drug-likeness (QED) is 0.844. The predicted molar refractivity (Wildman–Crippen MR) is 81.2 cm³/mol. The van der Waals surface area contributed by atoms with Crippen LogP contribution in [0.15, 0.2) is 36.9 Å². The molecular formula is C16H20N4O. The summed E-state index contributed by atoms with van der Waals surface area (Å²) in [6, 6.07) is 6.18.